The number of carbonyl (C=O) groups is 1. The number of thiazole rings is 1. The molecule has 0 atom stereocenters. The van der Waals surface area contributed by atoms with Crippen molar-refractivity contribution in [2.75, 3.05) is 51.3 Å². The zero-order valence-corrected chi connectivity index (χ0v) is 23.4. The van der Waals surface area contributed by atoms with Gasteiger partial charge in [-0.1, -0.05) is 17.4 Å². The van der Waals surface area contributed by atoms with E-state index in [-0.39, 0.29) is 24.0 Å². The summed E-state index contributed by atoms with van der Waals surface area (Å²) in [7, 11) is 0. The number of morpholine rings is 1. The van der Waals surface area contributed by atoms with E-state index in [1.165, 1.54) is 11.3 Å². The molecule has 4 heterocycles. The van der Waals surface area contributed by atoms with E-state index in [1.807, 2.05) is 42.6 Å². The summed E-state index contributed by atoms with van der Waals surface area (Å²) in [6.07, 6.45) is 1.71. The molecule has 0 saturated carbocycles. The minimum atomic E-state index is -0.403. The van der Waals surface area contributed by atoms with Gasteiger partial charge in [0.05, 0.1) is 23.6 Å². The average Bonchev–Trinajstić information content (AvgIpc) is 3.56. The second-order valence-corrected chi connectivity index (χ2v) is 10.6. The summed E-state index contributed by atoms with van der Waals surface area (Å²) in [4.78, 5) is 24.5. The minimum absolute atomic E-state index is 0. The SMILES string of the molecule is CCNC(=O)Nc1nc2c(F)c(-c3csc(CNCCN4CCOCC4)c3)cc(-c3ccccn3)c2s1.Cl. The summed E-state index contributed by atoms with van der Waals surface area (Å²) in [5.74, 6) is -0.403. The number of rotatable bonds is 9. The quantitative estimate of drug-likeness (QED) is 0.237. The van der Waals surface area contributed by atoms with E-state index in [1.54, 1.807) is 17.5 Å². The Labute approximate surface area is 235 Å². The van der Waals surface area contributed by atoms with Gasteiger partial charge in [0.25, 0.3) is 0 Å². The van der Waals surface area contributed by atoms with E-state index in [0.29, 0.717) is 21.9 Å². The van der Waals surface area contributed by atoms with Gasteiger partial charge in [0, 0.05) is 61.5 Å². The summed E-state index contributed by atoms with van der Waals surface area (Å²) in [5.41, 5.74) is 3.01. The van der Waals surface area contributed by atoms with Crippen molar-refractivity contribution in [3.05, 3.63) is 52.6 Å². The third kappa shape index (κ3) is 6.66. The lowest BCUT2D eigenvalue weighted by Crippen LogP contribution is -2.40. The smallest absolute Gasteiger partial charge is 0.321 e. The molecule has 1 aliphatic heterocycles. The van der Waals surface area contributed by atoms with Crippen LogP contribution in [0.3, 0.4) is 0 Å². The van der Waals surface area contributed by atoms with Crippen LogP contribution in [0.1, 0.15) is 11.8 Å². The standard InChI is InChI=1S/C26H29FN6O2S2.ClH/c1-2-29-25(34)32-26-31-23-22(27)19(14-20(24(23)37-26)21-5-3-4-6-30-21)17-13-18(36-16-17)15-28-7-8-33-9-11-35-12-10-33;/h3-6,13-14,16,28H,2,7-12,15H2,1H3,(H2,29,31,32,34);1H. The number of fused-ring (bicyclic) bond motifs is 1. The van der Waals surface area contributed by atoms with Gasteiger partial charge in [-0.3, -0.25) is 15.2 Å². The first kappa shape index (κ1) is 28.3. The maximum absolute atomic E-state index is 15.8. The molecule has 2 amide bonds. The summed E-state index contributed by atoms with van der Waals surface area (Å²) in [5, 5.41) is 11.2. The highest BCUT2D eigenvalue weighted by atomic mass is 35.5. The van der Waals surface area contributed by atoms with Crippen LogP contribution in [-0.4, -0.2) is 66.8 Å². The molecule has 3 N–H and O–H groups in total. The van der Waals surface area contributed by atoms with E-state index < -0.39 is 5.82 Å². The molecule has 0 bridgehead atoms. The van der Waals surface area contributed by atoms with Gasteiger partial charge in [-0.2, -0.15) is 0 Å². The lowest BCUT2D eigenvalue weighted by Gasteiger charge is -2.26. The Morgan fingerprint density at radius 3 is 2.82 bits per heavy atom. The Bertz CT molecular complexity index is 1360. The van der Waals surface area contributed by atoms with Crippen LogP contribution in [0, 0.1) is 5.82 Å². The van der Waals surface area contributed by atoms with Gasteiger partial charge < -0.3 is 15.4 Å². The fourth-order valence-corrected chi connectivity index (χ4v) is 6.05. The average molecular weight is 577 g/mol. The number of pyridine rings is 1. The number of ether oxygens (including phenoxy) is 1. The third-order valence-corrected chi connectivity index (χ3v) is 8.02. The van der Waals surface area contributed by atoms with Crippen LogP contribution in [0.4, 0.5) is 14.3 Å². The Morgan fingerprint density at radius 1 is 1.21 bits per heavy atom. The number of hydrogen-bond donors (Lipinski definition) is 3. The van der Waals surface area contributed by atoms with Crippen molar-refractivity contribution in [3.8, 4) is 22.4 Å². The van der Waals surface area contributed by atoms with Gasteiger partial charge in [-0.05, 0) is 42.1 Å². The molecule has 38 heavy (non-hydrogen) atoms. The first-order valence-electron chi connectivity index (χ1n) is 12.3. The molecule has 0 spiro atoms. The molecule has 5 rings (SSSR count). The number of urea groups is 1. The molecule has 0 aliphatic carbocycles. The van der Waals surface area contributed by atoms with E-state index in [2.05, 4.69) is 30.8 Å². The third-order valence-electron chi connectivity index (χ3n) is 6.08. The predicted molar refractivity (Wildman–Crippen MR) is 155 cm³/mol. The van der Waals surface area contributed by atoms with Gasteiger partial charge in [0.15, 0.2) is 10.9 Å². The minimum Gasteiger partial charge on any atom is -0.379 e. The van der Waals surface area contributed by atoms with Crippen LogP contribution < -0.4 is 16.0 Å². The highest BCUT2D eigenvalue weighted by molar-refractivity contribution is 7.22. The number of hydrogen-bond acceptors (Lipinski definition) is 8. The summed E-state index contributed by atoms with van der Waals surface area (Å²) in [6.45, 7) is 8.46. The topological polar surface area (TPSA) is 91.4 Å². The van der Waals surface area contributed by atoms with Gasteiger partial charge in [0.2, 0.25) is 0 Å². The predicted octanol–water partition coefficient (Wildman–Crippen LogP) is 5.21. The van der Waals surface area contributed by atoms with Crippen LogP contribution in [0.5, 0.6) is 0 Å². The van der Waals surface area contributed by atoms with E-state index in [0.717, 1.165) is 67.6 Å². The number of amides is 2. The first-order chi connectivity index (χ1) is 18.1. The van der Waals surface area contributed by atoms with Crippen LogP contribution in [-0.2, 0) is 11.3 Å². The molecule has 12 heteroatoms. The second-order valence-electron chi connectivity index (χ2n) is 8.61. The normalized spacial score (nSPS) is 13.8. The Morgan fingerprint density at radius 2 is 2.05 bits per heavy atom. The number of nitrogens with zero attached hydrogens (tertiary/aromatic N) is 3. The lowest BCUT2D eigenvalue weighted by atomic mass is 10.0. The van der Waals surface area contributed by atoms with Crippen LogP contribution in [0.25, 0.3) is 32.6 Å². The molecular weight excluding hydrogens is 547 g/mol. The van der Waals surface area contributed by atoms with Crippen molar-refractivity contribution < 1.29 is 13.9 Å². The molecule has 1 aromatic carbocycles. The van der Waals surface area contributed by atoms with Gasteiger partial charge >= 0.3 is 6.03 Å². The Balaban J connectivity index is 0.00000336. The van der Waals surface area contributed by atoms with E-state index in [9.17, 15) is 4.79 Å². The fraction of sp³-hybridized carbons (Fsp3) is 0.346. The summed E-state index contributed by atoms with van der Waals surface area (Å²) < 4.78 is 21.9. The van der Waals surface area contributed by atoms with Crippen LogP contribution >= 0.6 is 35.1 Å². The molecule has 0 unspecified atom stereocenters. The highest BCUT2D eigenvalue weighted by Crippen LogP contribution is 2.41. The van der Waals surface area contributed by atoms with Gasteiger partial charge in [-0.25, -0.2) is 14.2 Å². The van der Waals surface area contributed by atoms with Crippen molar-refractivity contribution in [2.24, 2.45) is 0 Å². The summed E-state index contributed by atoms with van der Waals surface area (Å²) in [6, 6.07) is 9.13. The molecule has 1 aliphatic rings. The van der Waals surface area contributed by atoms with E-state index >= 15 is 4.39 Å². The van der Waals surface area contributed by atoms with Gasteiger partial charge in [0.1, 0.15) is 5.52 Å². The number of benzene rings is 1. The van der Waals surface area contributed by atoms with Crippen molar-refractivity contribution in [1.29, 1.82) is 0 Å². The number of nitrogens with one attached hydrogen (secondary N) is 3. The van der Waals surface area contributed by atoms with Crippen LogP contribution in [0.2, 0.25) is 0 Å². The molecule has 0 radical (unpaired) electrons. The number of carbonyl (C=O) groups excluding carboxylic acids is 1. The summed E-state index contributed by atoms with van der Waals surface area (Å²) >= 11 is 2.84. The molecule has 3 aromatic heterocycles. The number of aromatic nitrogens is 2. The lowest BCUT2D eigenvalue weighted by molar-refractivity contribution is 0.0384. The first-order valence-corrected chi connectivity index (χ1v) is 14.0. The van der Waals surface area contributed by atoms with Gasteiger partial charge in [-0.15, -0.1) is 23.7 Å². The maximum Gasteiger partial charge on any atom is 0.321 e. The van der Waals surface area contributed by atoms with Crippen LogP contribution in [0.15, 0.2) is 41.9 Å². The monoisotopic (exact) mass is 576 g/mol. The maximum atomic E-state index is 15.8. The number of anilines is 1. The fourth-order valence-electron chi connectivity index (χ4n) is 4.22. The van der Waals surface area contributed by atoms with Crippen molar-refractivity contribution in [3.63, 3.8) is 0 Å². The van der Waals surface area contributed by atoms with E-state index in [4.69, 9.17) is 4.74 Å². The zero-order chi connectivity index (χ0) is 25.6. The molecule has 1 saturated heterocycles. The zero-order valence-electron chi connectivity index (χ0n) is 21.0. The molecule has 8 nitrogen and oxygen atoms in total. The highest BCUT2D eigenvalue weighted by Gasteiger charge is 2.21. The largest absolute Gasteiger partial charge is 0.379 e. The van der Waals surface area contributed by atoms with Crippen molar-refractivity contribution >= 4 is 56.5 Å². The Hall–Kier alpha value is -2.67. The molecule has 4 aromatic rings. The molecule has 1 fully saturated rings. The van der Waals surface area contributed by atoms with Crippen molar-refractivity contribution in [1.82, 2.24) is 25.5 Å². The second kappa shape index (κ2) is 13.4. The molecular formula is C26H30ClFN6O2S2. The number of thiophene rings is 1. The number of halogens is 2. The Kier molecular flexibility index (Phi) is 10.0. The molecule has 202 valence electrons. The van der Waals surface area contributed by atoms with Crippen molar-refractivity contribution in [2.45, 2.75) is 13.5 Å².